The fourth-order valence-corrected chi connectivity index (χ4v) is 3.86. The van der Waals surface area contributed by atoms with Crippen LogP contribution in [0.25, 0.3) is 22.3 Å². The highest BCUT2D eigenvalue weighted by Crippen LogP contribution is 2.42. The topological polar surface area (TPSA) is 46.5 Å². The molecular formula is C28H19F5O3. The van der Waals surface area contributed by atoms with E-state index in [1.807, 2.05) is 0 Å². The summed E-state index contributed by atoms with van der Waals surface area (Å²) in [6.07, 6.45) is -4.65. The number of halogens is 5. The number of carboxylic acid groups (broad SMARTS) is 1. The highest BCUT2D eigenvalue weighted by Gasteiger charge is 2.32. The van der Waals surface area contributed by atoms with Crippen molar-refractivity contribution >= 4 is 5.97 Å². The van der Waals surface area contributed by atoms with Gasteiger partial charge >= 0.3 is 12.1 Å². The molecule has 0 amide bonds. The van der Waals surface area contributed by atoms with E-state index >= 15 is 0 Å². The predicted octanol–water partition coefficient (Wildman–Crippen LogP) is 7.90. The van der Waals surface area contributed by atoms with Crippen LogP contribution in [0.2, 0.25) is 0 Å². The number of benzene rings is 4. The van der Waals surface area contributed by atoms with E-state index in [1.165, 1.54) is 12.1 Å². The smallest absolute Gasteiger partial charge is 0.416 e. The SMILES string of the molecule is Cc1ccc(-c2ccccc2-c2cc(C(F)(F)F)ccc2OCc2ccc(F)cc2F)c(C(=O)O)c1. The summed E-state index contributed by atoms with van der Waals surface area (Å²) in [4.78, 5) is 11.9. The van der Waals surface area contributed by atoms with E-state index in [0.717, 1.165) is 24.3 Å². The Kier molecular flexibility index (Phi) is 6.79. The zero-order valence-corrected chi connectivity index (χ0v) is 18.9. The maximum atomic E-state index is 14.1. The lowest BCUT2D eigenvalue weighted by Gasteiger charge is -2.18. The molecule has 3 nitrogen and oxygen atoms in total. The lowest BCUT2D eigenvalue weighted by atomic mass is 9.90. The number of hydrogen-bond acceptors (Lipinski definition) is 2. The van der Waals surface area contributed by atoms with Crippen molar-refractivity contribution in [3.63, 3.8) is 0 Å². The molecule has 0 heterocycles. The second-order valence-corrected chi connectivity index (χ2v) is 8.13. The van der Waals surface area contributed by atoms with E-state index < -0.39 is 29.3 Å². The first-order chi connectivity index (χ1) is 17.0. The third kappa shape index (κ3) is 5.22. The summed E-state index contributed by atoms with van der Waals surface area (Å²) >= 11 is 0. The maximum Gasteiger partial charge on any atom is 0.416 e. The molecule has 8 heteroatoms. The van der Waals surface area contributed by atoms with E-state index in [2.05, 4.69) is 0 Å². The molecule has 0 saturated carbocycles. The van der Waals surface area contributed by atoms with Gasteiger partial charge in [0, 0.05) is 17.2 Å². The van der Waals surface area contributed by atoms with E-state index in [4.69, 9.17) is 4.74 Å². The molecule has 4 aromatic carbocycles. The van der Waals surface area contributed by atoms with Crippen molar-refractivity contribution in [1.29, 1.82) is 0 Å². The molecular weight excluding hydrogens is 479 g/mol. The predicted molar refractivity (Wildman–Crippen MR) is 125 cm³/mol. The van der Waals surface area contributed by atoms with Gasteiger partial charge in [-0.05, 0) is 60.0 Å². The van der Waals surface area contributed by atoms with E-state index in [-0.39, 0.29) is 29.0 Å². The van der Waals surface area contributed by atoms with Gasteiger partial charge < -0.3 is 9.84 Å². The Morgan fingerprint density at radius 3 is 2.17 bits per heavy atom. The molecule has 1 N–H and O–H groups in total. The van der Waals surface area contributed by atoms with Crippen molar-refractivity contribution in [2.24, 2.45) is 0 Å². The van der Waals surface area contributed by atoms with E-state index in [0.29, 0.717) is 28.3 Å². The van der Waals surface area contributed by atoms with Crippen molar-refractivity contribution in [3.8, 4) is 28.0 Å². The number of aromatic carboxylic acids is 1. The van der Waals surface area contributed by atoms with Gasteiger partial charge in [-0.1, -0.05) is 42.0 Å². The van der Waals surface area contributed by atoms with Gasteiger partial charge in [0.15, 0.2) is 0 Å². The summed E-state index contributed by atoms with van der Waals surface area (Å²) in [6, 6.07) is 17.0. The molecule has 0 atom stereocenters. The second kappa shape index (κ2) is 9.81. The third-order valence-electron chi connectivity index (χ3n) is 5.62. The minimum absolute atomic E-state index is 0.00900. The lowest BCUT2D eigenvalue weighted by Crippen LogP contribution is -2.07. The molecule has 0 unspecified atom stereocenters. The van der Waals surface area contributed by atoms with Crippen LogP contribution in [0, 0.1) is 18.6 Å². The molecule has 4 aromatic rings. The first kappa shape index (κ1) is 24.9. The van der Waals surface area contributed by atoms with Gasteiger partial charge in [0.25, 0.3) is 0 Å². The van der Waals surface area contributed by atoms with E-state index in [1.54, 1.807) is 43.3 Å². The Balaban J connectivity index is 1.87. The van der Waals surface area contributed by atoms with Gasteiger partial charge in [-0.15, -0.1) is 0 Å². The number of alkyl halides is 3. The standard InChI is InChI=1S/C28H19F5O3/c1-16-6-10-22(24(12-16)27(34)35)20-4-2-3-5-21(20)23-13-18(28(31,32)33)8-11-26(23)36-15-17-7-9-19(29)14-25(17)30/h2-14H,15H2,1H3,(H,34,35). The minimum Gasteiger partial charge on any atom is -0.488 e. The Morgan fingerprint density at radius 1 is 0.833 bits per heavy atom. The van der Waals surface area contributed by atoms with Crippen molar-refractivity contribution in [3.05, 3.63) is 113 Å². The number of carboxylic acids is 1. The first-order valence-corrected chi connectivity index (χ1v) is 10.8. The van der Waals surface area contributed by atoms with Crippen LogP contribution in [0.5, 0.6) is 5.75 Å². The summed E-state index contributed by atoms with van der Waals surface area (Å²) < 4.78 is 73.8. The Hall–Kier alpha value is -4.20. The Labute approximate surface area is 203 Å². The zero-order chi connectivity index (χ0) is 26.0. The number of hydrogen-bond donors (Lipinski definition) is 1. The normalized spacial score (nSPS) is 11.4. The van der Waals surface area contributed by atoms with Gasteiger partial charge in [0.2, 0.25) is 0 Å². The highest BCUT2D eigenvalue weighted by atomic mass is 19.4. The summed E-state index contributed by atoms with van der Waals surface area (Å²) in [6.45, 7) is 1.37. The largest absolute Gasteiger partial charge is 0.488 e. The average molecular weight is 498 g/mol. The fourth-order valence-electron chi connectivity index (χ4n) is 3.86. The zero-order valence-electron chi connectivity index (χ0n) is 18.9. The van der Waals surface area contributed by atoms with Crippen molar-refractivity contribution in [1.82, 2.24) is 0 Å². The highest BCUT2D eigenvalue weighted by molar-refractivity contribution is 5.99. The summed E-state index contributed by atoms with van der Waals surface area (Å²) in [5.41, 5.74) is 0.814. The maximum absolute atomic E-state index is 14.1. The van der Waals surface area contributed by atoms with Crippen LogP contribution >= 0.6 is 0 Å². The monoisotopic (exact) mass is 498 g/mol. The first-order valence-electron chi connectivity index (χ1n) is 10.8. The fraction of sp³-hybridized carbons (Fsp3) is 0.107. The third-order valence-corrected chi connectivity index (χ3v) is 5.62. The molecule has 0 aromatic heterocycles. The summed E-state index contributed by atoms with van der Waals surface area (Å²) in [5, 5.41) is 9.74. The molecule has 0 spiro atoms. The number of ether oxygens (including phenoxy) is 1. The molecule has 0 aliphatic carbocycles. The van der Waals surface area contributed by atoms with E-state index in [9.17, 15) is 31.9 Å². The van der Waals surface area contributed by atoms with Gasteiger partial charge in [0.1, 0.15) is 24.0 Å². The molecule has 0 bridgehead atoms. The van der Waals surface area contributed by atoms with Gasteiger partial charge in [-0.25, -0.2) is 13.6 Å². The van der Waals surface area contributed by atoms with Gasteiger partial charge in [0.05, 0.1) is 11.1 Å². The molecule has 36 heavy (non-hydrogen) atoms. The molecule has 4 rings (SSSR count). The Morgan fingerprint density at radius 2 is 1.53 bits per heavy atom. The Bertz CT molecular complexity index is 1440. The van der Waals surface area contributed by atoms with Crippen LogP contribution in [-0.2, 0) is 12.8 Å². The minimum atomic E-state index is -4.65. The molecule has 0 aliphatic rings. The van der Waals surface area contributed by atoms with Gasteiger partial charge in [-0.3, -0.25) is 0 Å². The van der Waals surface area contributed by atoms with Crippen molar-refractivity contribution < 1.29 is 36.6 Å². The quantitative estimate of drug-likeness (QED) is 0.275. The lowest BCUT2D eigenvalue weighted by molar-refractivity contribution is -0.137. The van der Waals surface area contributed by atoms with Crippen LogP contribution in [0.15, 0.2) is 78.9 Å². The number of aryl methyl sites for hydroxylation is 1. The van der Waals surface area contributed by atoms with Crippen LogP contribution in [0.4, 0.5) is 22.0 Å². The van der Waals surface area contributed by atoms with Crippen molar-refractivity contribution in [2.75, 3.05) is 0 Å². The molecule has 0 fully saturated rings. The molecule has 0 saturated heterocycles. The van der Waals surface area contributed by atoms with Crippen LogP contribution in [0.3, 0.4) is 0 Å². The summed E-state index contributed by atoms with van der Waals surface area (Å²) in [7, 11) is 0. The second-order valence-electron chi connectivity index (χ2n) is 8.13. The van der Waals surface area contributed by atoms with Crippen molar-refractivity contribution in [2.45, 2.75) is 19.7 Å². The van der Waals surface area contributed by atoms with Crippen LogP contribution < -0.4 is 4.74 Å². The molecule has 0 aliphatic heterocycles. The molecule has 184 valence electrons. The average Bonchev–Trinajstić information content (AvgIpc) is 2.83. The molecule has 0 radical (unpaired) electrons. The van der Waals surface area contributed by atoms with Gasteiger partial charge in [-0.2, -0.15) is 13.2 Å². The summed E-state index contributed by atoms with van der Waals surface area (Å²) in [5.74, 6) is -2.79. The van der Waals surface area contributed by atoms with Crippen LogP contribution in [0.1, 0.15) is 27.0 Å². The number of rotatable bonds is 6. The number of carbonyl (C=O) groups is 1. The van der Waals surface area contributed by atoms with Crippen LogP contribution in [-0.4, -0.2) is 11.1 Å².